The number of thiophene rings is 1. The summed E-state index contributed by atoms with van der Waals surface area (Å²) in [5.74, 6) is 1.68. The van der Waals surface area contributed by atoms with Gasteiger partial charge in [-0.2, -0.15) is 0 Å². The molecule has 1 atom stereocenters. The summed E-state index contributed by atoms with van der Waals surface area (Å²) >= 11 is 7.58. The Morgan fingerprint density at radius 3 is 2.68 bits per heavy atom. The number of aliphatic hydroxyl groups is 1. The Morgan fingerprint density at radius 2 is 1.94 bits per heavy atom. The number of hydrogen-bond acceptors (Lipinski definition) is 6. The fourth-order valence-corrected chi connectivity index (χ4v) is 5.09. The zero-order valence-electron chi connectivity index (χ0n) is 19.2. The second kappa shape index (κ2) is 11.1. The fraction of sp³-hybridized carbons (Fsp3) is 0.308. The molecule has 6 nitrogen and oxygen atoms in total. The third-order valence-corrected chi connectivity index (χ3v) is 6.39. The van der Waals surface area contributed by atoms with E-state index in [0.29, 0.717) is 40.1 Å². The molecule has 0 bridgehead atoms. The molecule has 8 heteroatoms. The number of fused-ring (bicyclic) bond motifs is 1. The van der Waals surface area contributed by atoms with Gasteiger partial charge in [-0.3, -0.25) is 9.69 Å². The molecule has 4 aromatic rings. The van der Waals surface area contributed by atoms with Crippen LogP contribution in [-0.4, -0.2) is 45.8 Å². The number of nitrogens with zero attached hydrogens (tertiary/aromatic N) is 2. The molecular formula is C26H28ClN3O3S. The number of para-hydroxylation sites is 1. The molecule has 0 saturated carbocycles. The van der Waals surface area contributed by atoms with Gasteiger partial charge in [0.2, 0.25) is 0 Å². The molecule has 2 N–H and O–H groups in total. The van der Waals surface area contributed by atoms with Crippen LogP contribution in [0.4, 0.5) is 0 Å². The van der Waals surface area contributed by atoms with Crippen LogP contribution in [0.15, 0.2) is 64.8 Å². The van der Waals surface area contributed by atoms with E-state index in [9.17, 15) is 9.90 Å². The summed E-state index contributed by atoms with van der Waals surface area (Å²) in [7, 11) is 0. The first-order chi connectivity index (χ1) is 16.4. The summed E-state index contributed by atoms with van der Waals surface area (Å²) in [6.45, 7) is 6.02. The van der Waals surface area contributed by atoms with Crippen LogP contribution in [-0.2, 0) is 6.54 Å². The van der Waals surface area contributed by atoms with Gasteiger partial charge >= 0.3 is 0 Å². The van der Waals surface area contributed by atoms with E-state index in [0.717, 1.165) is 23.4 Å². The Kier molecular flexibility index (Phi) is 8.00. The van der Waals surface area contributed by atoms with Crippen LogP contribution in [0.5, 0.6) is 5.75 Å². The van der Waals surface area contributed by atoms with E-state index in [-0.39, 0.29) is 12.2 Å². The second-order valence-corrected chi connectivity index (χ2v) is 10.0. The van der Waals surface area contributed by atoms with E-state index in [2.05, 4.69) is 23.7 Å². The number of aromatic nitrogens is 2. The van der Waals surface area contributed by atoms with E-state index < -0.39 is 6.10 Å². The number of rotatable bonds is 10. The molecule has 0 fully saturated rings. The van der Waals surface area contributed by atoms with Crippen molar-refractivity contribution in [2.45, 2.75) is 26.5 Å². The minimum Gasteiger partial charge on any atom is -0.491 e. The van der Waals surface area contributed by atoms with Gasteiger partial charge in [-0.1, -0.05) is 55.8 Å². The molecule has 2 heterocycles. The standard InChI is InChI=1S/C26H28ClN3O3S/c1-17(2)12-30(13-20(31)15-33-21-9-4-3-5-10-21)14-23-28-25(32)24-22(16-34-26(24)29-23)18-7-6-8-19(27)11-18/h3-11,16-17,20,31H,12-15H2,1-2H3,(H,28,29,32)/t20-/m0/s1. The molecule has 4 rings (SSSR count). The first kappa shape index (κ1) is 24.4. The van der Waals surface area contributed by atoms with E-state index >= 15 is 0 Å². The van der Waals surface area contributed by atoms with Crippen molar-refractivity contribution in [3.8, 4) is 16.9 Å². The molecule has 0 amide bonds. The van der Waals surface area contributed by atoms with Crippen LogP contribution in [0, 0.1) is 5.92 Å². The predicted octanol–water partition coefficient (Wildman–Crippen LogP) is 5.20. The van der Waals surface area contributed by atoms with Gasteiger partial charge in [0.05, 0.1) is 11.9 Å². The number of H-pyrrole nitrogens is 1. The Morgan fingerprint density at radius 1 is 1.15 bits per heavy atom. The van der Waals surface area contributed by atoms with E-state index in [1.54, 1.807) is 0 Å². The second-order valence-electron chi connectivity index (χ2n) is 8.72. The molecule has 0 unspecified atom stereocenters. The highest BCUT2D eigenvalue weighted by atomic mass is 35.5. The van der Waals surface area contributed by atoms with Crippen molar-refractivity contribution < 1.29 is 9.84 Å². The van der Waals surface area contributed by atoms with Crippen molar-refractivity contribution in [2.75, 3.05) is 19.7 Å². The third-order valence-electron chi connectivity index (χ3n) is 5.28. The van der Waals surface area contributed by atoms with Gasteiger partial charge < -0.3 is 14.8 Å². The van der Waals surface area contributed by atoms with E-state index in [4.69, 9.17) is 21.3 Å². The number of halogens is 1. The summed E-state index contributed by atoms with van der Waals surface area (Å²) < 4.78 is 5.70. The zero-order chi connectivity index (χ0) is 24.1. The van der Waals surface area contributed by atoms with E-state index in [1.165, 1.54) is 11.3 Å². The summed E-state index contributed by atoms with van der Waals surface area (Å²) in [6.07, 6.45) is -0.675. The van der Waals surface area contributed by atoms with Crippen LogP contribution in [0.3, 0.4) is 0 Å². The molecule has 0 spiro atoms. The maximum absolute atomic E-state index is 13.0. The summed E-state index contributed by atoms with van der Waals surface area (Å²) in [6, 6.07) is 16.9. The van der Waals surface area contributed by atoms with Crippen LogP contribution in [0.25, 0.3) is 21.3 Å². The molecule has 2 aromatic carbocycles. The highest BCUT2D eigenvalue weighted by Crippen LogP contribution is 2.32. The highest BCUT2D eigenvalue weighted by molar-refractivity contribution is 7.17. The van der Waals surface area contributed by atoms with Crippen molar-refractivity contribution in [3.63, 3.8) is 0 Å². The van der Waals surface area contributed by atoms with Crippen LogP contribution in [0.2, 0.25) is 5.02 Å². The maximum Gasteiger partial charge on any atom is 0.260 e. The fourth-order valence-electron chi connectivity index (χ4n) is 3.93. The number of nitrogens with one attached hydrogen (secondary N) is 1. The third kappa shape index (κ3) is 6.24. The normalized spacial score (nSPS) is 12.5. The lowest BCUT2D eigenvalue weighted by Gasteiger charge is -2.26. The minimum atomic E-state index is -0.675. The number of aliphatic hydroxyl groups excluding tert-OH is 1. The number of hydrogen-bond donors (Lipinski definition) is 2. The zero-order valence-corrected chi connectivity index (χ0v) is 20.8. The Bertz CT molecular complexity index is 1290. The molecule has 0 saturated heterocycles. The molecule has 2 aromatic heterocycles. The van der Waals surface area contributed by atoms with E-state index in [1.807, 2.05) is 60.0 Å². The molecule has 34 heavy (non-hydrogen) atoms. The lowest BCUT2D eigenvalue weighted by molar-refractivity contribution is 0.0606. The quantitative estimate of drug-likeness (QED) is 0.315. The molecule has 0 aliphatic rings. The van der Waals surface area contributed by atoms with Crippen LogP contribution >= 0.6 is 22.9 Å². The Balaban J connectivity index is 1.50. The smallest absolute Gasteiger partial charge is 0.260 e. The van der Waals surface area contributed by atoms with Crippen molar-refractivity contribution in [1.29, 1.82) is 0 Å². The number of aromatic amines is 1. The van der Waals surface area contributed by atoms with Gasteiger partial charge in [-0.15, -0.1) is 11.3 Å². The van der Waals surface area contributed by atoms with Crippen molar-refractivity contribution in [1.82, 2.24) is 14.9 Å². The maximum atomic E-state index is 13.0. The average molecular weight is 498 g/mol. The molecular weight excluding hydrogens is 470 g/mol. The van der Waals surface area contributed by atoms with Gasteiger partial charge in [-0.05, 0) is 35.7 Å². The van der Waals surface area contributed by atoms with Crippen LogP contribution < -0.4 is 10.3 Å². The first-order valence-corrected chi connectivity index (χ1v) is 12.5. The molecule has 0 aliphatic carbocycles. The summed E-state index contributed by atoms with van der Waals surface area (Å²) in [5.41, 5.74) is 1.55. The topological polar surface area (TPSA) is 78.5 Å². The SMILES string of the molecule is CC(C)CN(Cc1nc2scc(-c3cccc(Cl)c3)c2c(=O)[nH]1)C[C@H](O)COc1ccccc1. The largest absolute Gasteiger partial charge is 0.491 e. The average Bonchev–Trinajstić information content (AvgIpc) is 3.22. The lowest BCUT2D eigenvalue weighted by Crippen LogP contribution is -2.38. The molecule has 178 valence electrons. The van der Waals surface area contributed by atoms with Crippen molar-refractivity contribution in [3.05, 3.63) is 81.2 Å². The summed E-state index contributed by atoms with van der Waals surface area (Å²) in [4.78, 5) is 23.5. The lowest BCUT2D eigenvalue weighted by atomic mass is 10.1. The predicted molar refractivity (Wildman–Crippen MR) is 139 cm³/mol. The van der Waals surface area contributed by atoms with Gasteiger partial charge in [0.25, 0.3) is 5.56 Å². The van der Waals surface area contributed by atoms with Gasteiger partial charge in [0.1, 0.15) is 29.1 Å². The number of ether oxygens (including phenoxy) is 1. The Labute approximate surface area is 207 Å². The van der Waals surface area contributed by atoms with Crippen LogP contribution in [0.1, 0.15) is 19.7 Å². The molecule has 0 aliphatic heterocycles. The monoisotopic (exact) mass is 497 g/mol. The van der Waals surface area contributed by atoms with Gasteiger partial charge in [-0.25, -0.2) is 4.98 Å². The Hall–Kier alpha value is -2.71. The van der Waals surface area contributed by atoms with Gasteiger partial charge in [0.15, 0.2) is 0 Å². The number of benzene rings is 2. The minimum absolute atomic E-state index is 0.173. The first-order valence-electron chi connectivity index (χ1n) is 11.2. The van der Waals surface area contributed by atoms with Crippen molar-refractivity contribution in [2.24, 2.45) is 5.92 Å². The highest BCUT2D eigenvalue weighted by Gasteiger charge is 2.18. The van der Waals surface area contributed by atoms with Crippen molar-refractivity contribution >= 4 is 33.2 Å². The van der Waals surface area contributed by atoms with Gasteiger partial charge in [0, 0.05) is 29.1 Å². The molecule has 0 radical (unpaired) electrons. The summed E-state index contributed by atoms with van der Waals surface area (Å²) in [5, 5.41) is 13.7.